The third-order valence-corrected chi connectivity index (χ3v) is 9.85. The molecule has 1 heterocycles. The lowest BCUT2D eigenvalue weighted by atomic mass is 9.86. The highest BCUT2D eigenvalue weighted by atomic mass is 28.5. The van der Waals surface area contributed by atoms with Crippen molar-refractivity contribution in [1.29, 1.82) is 0 Å². The second-order valence-electron chi connectivity index (χ2n) is 7.49. The van der Waals surface area contributed by atoms with E-state index in [9.17, 15) is 0 Å². The molecule has 24 heavy (non-hydrogen) atoms. The van der Waals surface area contributed by atoms with E-state index in [0.717, 1.165) is 13.0 Å². The number of hydrogen-bond donors (Lipinski definition) is 0. The molecule has 1 saturated heterocycles. The fourth-order valence-corrected chi connectivity index (χ4v) is 9.87. The highest BCUT2D eigenvalue weighted by Crippen LogP contribution is 2.31. The smallest absolute Gasteiger partial charge is 0.323 e. The van der Waals surface area contributed by atoms with Gasteiger partial charge in [0.1, 0.15) is 14.0 Å². The molecule has 0 aromatic rings. The van der Waals surface area contributed by atoms with Gasteiger partial charge in [-0.15, -0.1) is 0 Å². The number of ether oxygens (including phenoxy) is 2. The molecule has 0 spiro atoms. The molecule has 0 N–H and O–H groups in total. The first-order valence-electron chi connectivity index (χ1n) is 9.04. The Hall–Kier alpha value is 0.299. The summed E-state index contributed by atoms with van der Waals surface area (Å²) in [5, 5.41) is 0. The first-order chi connectivity index (χ1) is 11.1. The first kappa shape index (κ1) is 22.3. The molecule has 0 aromatic heterocycles. The van der Waals surface area contributed by atoms with E-state index in [1.165, 1.54) is 12.8 Å². The topological polar surface area (TPSA) is 46.2 Å². The molecule has 8 heteroatoms. The summed E-state index contributed by atoms with van der Waals surface area (Å²) >= 11 is 0. The van der Waals surface area contributed by atoms with Gasteiger partial charge in [0.15, 0.2) is 0 Å². The van der Waals surface area contributed by atoms with E-state index >= 15 is 0 Å². The van der Waals surface area contributed by atoms with Crippen LogP contribution in [-0.4, -0.2) is 63.5 Å². The summed E-state index contributed by atoms with van der Waals surface area (Å²) in [6.07, 6.45) is 3.21. The predicted molar refractivity (Wildman–Crippen MR) is 102 cm³/mol. The molecule has 1 aliphatic heterocycles. The van der Waals surface area contributed by atoms with Crippen molar-refractivity contribution in [3.8, 4) is 0 Å². The Bertz CT molecular complexity index is 370. The molecule has 4 atom stereocenters. The third kappa shape index (κ3) is 7.27. The van der Waals surface area contributed by atoms with Crippen LogP contribution in [0.5, 0.6) is 0 Å². The summed E-state index contributed by atoms with van der Waals surface area (Å²) < 4.78 is 29.8. The summed E-state index contributed by atoms with van der Waals surface area (Å²) in [7, 11) is 3.12. The molecular weight excluding hydrogens is 339 g/mol. The van der Waals surface area contributed by atoms with Crippen molar-refractivity contribution in [2.75, 3.05) is 20.3 Å². The van der Waals surface area contributed by atoms with Crippen LogP contribution in [0.25, 0.3) is 0 Å². The molecular formula is C16H35BO5Si2. The summed E-state index contributed by atoms with van der Waals surface area (Å²) in [5.41, 5.74) is 0. The van der Waals surface area contributed by atoms with Gasteiger partial charge in [-0.2, -0.15) is 0 Å². The lowest BCUT2D eigenvalue weighted by Crippen LogP contribution is -2.52. The molecule has 140 valence electrons. The predicted octanol–water partition coefficient (Wildman–Crippen LogP) is 3.17. The Kier molecular flexibility index (Phi) is 9.17. The fraction of sp³-hybridized carbons (Fsp3) is 1.00. The number of hydrogen-bond acceptors (Lipinski definition) is 5. The molecule has 2 radical (unpaired) electrons. The number of methoxy groups -OCH3 is 1. The van der Waals surface area contributed by atoms with Crippen molar-refractivity contribution in [1.82, 2.24) is 0 Å². The molecule has 0 amide bonds. The van der Waals surface area contributed by atoms with Gasteiger partial charge in [0, 0.05) is 25.6 Å². The van der Waals surface area contributed by atoms with Crippen molar-refractivity contribution in [3.63, 3.8) is 0 Å². The minimum atomic E-state index is -2.37. The molecule has 0 saturated carbocycles. The monoisotopic (exact) mass is 374 g/mol. The molecule has 1 fully saturated rings. The van der Waals surface area contributed by atoms with Crippen molar-refractivity contribution in [3.05, 3.63) is 0 Å². The van der Waals surface area contributed by atoms with Crippen molar-refractivity contribution in [2.24, 2.45) is 5.92 Å². The minimum absolute atomic E-state index is 0.105. The lowest BCUT2D eigenvalue weighted by molar-refractivity contribution is -0.0181. The maximum Gasteiger partial charge on any atom is 0.323 e. The zero-order valence-corrected chi connectivity index (χ0v) is 18.5. The quantitative estimate of drug-likeness (QED) is 0.411. The maximum atomic E-state index is 6.40. The standard InChI is InChI=1S/C16H35BO5Si2/c1-8-9-10-11-19-23(4,5)22-24(6,7)21-15-13(2)16(17)20-14(15)12-18-3/h13-16H,8-12H2,1-7H3. The van der Waals surface area contributed by atoms with Gasteiger partial charge >= 0.3 is 17.1 Å². The van der Waals surface area contributed by atoms with Gasteiger partial charge in [-0.25, -0.2) is 0 Å². The Morgan fingerprint density at radius 1 is 1.08 bits per heavy atom. The van der Waals surface area contributed by atoms with Gasteiger partial charge in [-0.05, 0) is 32.6 Å². The Morgan fingerprint density at radius 2 is 1.75 bits per heavy atom. The van der Waals surface area contributed by atoms with Gasteiger partial charge in [0.25, 0.3) is 0 Å². The summed E-state index contributed by atoms with van der Waals surface area (Å²) in [4.78, 5) is 0. The zero-order valence-electron chi connectivity index (χ0n) is 16.5. The molecule has 0 bridgehead atoms. The Labute approximate surface area is 151 Å². The van der Waals surface area contributed by atoms with E-state index < -0.39 is 17.1 Å². The van der Waals surface area contributed by atoms with Crippen LogP contribution in [0.3, 0.4) is 0 Å². The van der Waals surface area contributed by atoms with Crippen LogP contribution >= 0.6 is 0 Å². The van der Waals surface area contributed by atoms with Gasteiger partial charge in [-0.1, -0.05) is 26.7 Å². The van der Waals surface area contributed by atoms with Gasteiger partial charge in [-0.3, -0.25) is 0 Å². The van der Waals surface area contributed by atoms with E-state index in [1.54, 1.807) is 7.11 Å². The van der Waals surface area contributed by atoms with Crippen LogP contribution < -0.4 is 0 Å². The molecule has 0 aromatic carbocycles. The van der Waals surface area contributed by atoms with Crippen molar-refractivity contribution >= 4 is 25.0 Å². The summed E-state index contributed by atoms with van der Waals surface area (Å²) in [6, 6.07) is -0.324. The highest BCUT2D eigenvalue weighted by Gasteiger charge is 2.45. The van der Waals surface area contributed by atoms with Crippen LogP contribution in [0, 0.1) is 5.92 Å². The van der Waals surface area contributed by atoms with Gasteiger partial charge < -0.3 is 22.4 Å². The lowest BCUT2D eigenvalue weighted by Gasteiger charge is -2.36. The minimum Gasteiger partial charge on any atom is -0.415 e. The van der Waals surface area contributed by atoms with Crippen LogP contribution in [0.1, 0.15) is 33.1 Å². The van der Waals surface area contributed by atoms with Crippen molar-refractivity contribution in [2.45, 2.75) is 77.5 Å². The van der Waals surface area contributed by atoms with E-state index in [2.05, 4.69) is 40.0 Å². The third-order valence-electron chi connectivity index (χ3n) is 4.17. The summed E-state index contributed by atoms with van der Waals surface area (Å²) in [5.74, 6) is 0.107. The number of unbranched alkanes of at least 4 members (excludes halogenated alkanes) is 2. The highest BCUT2D eigenvalue weighted by molar-refractivity contribution is 6.78. The molecule has 1 aliphatic rings. The van der Waals surface area contributed by atoms with Crippen LogP contribution in [-0.2, 0) is 22.4 Å². The summed E-state index contributed by atoms with van der Waals surface area (Å²) in [6.45, 7) is 13.8. The average molecular weight is 374 g/mol. The Morgan fingerprint density at radius 3 is 2.33 bits per heavy atom. The van der Waals surface area contributed by atoms with E-state index in [0.29, 0.717) is 6.61 Å². The molecule has 4 unspecified atom stereocenters. The Balaban J connectivity index is 2.59. The first-order valence-corrected chi connectivity index (χ1v) is 14.7. The number of rotatable bonds is 11. The second kappa shape index (κ2) is 9.85. The normalized spacial score (nSPS) is 28.5. The van der Waals surface area contributed by atoms with Crippen LogP contribution in [0.4, 0.5) is 0 Å². The van der Waals surface area contributed by atoms with E-state index in [4.69, 9.17) is 30.3 Å². The molecule has 5 nitrogen and oxygen atoms in total. The van der Waals surface area contributed by atoms with E-state index in [1.807, 2.05) is 0 Å². The maximum absolute atomic E-state index is 6.40. The van der Waals surface area contributed by atoms with Crippen LogP contribution in [0.2, 0.25) is 26.2 Å². The van der Waals surface area contributed by atoms with Crippen molar-refractivity contribution < 1.29 is 22.4 Å². The SMILES string of the molecule is [B]C1OC(COC)C(O[Si](C)(C)O[Si](C)(C)OCCCCC)C1C. The van der Waals surface area contributed by atoms with E-state index in [-0.39, 0.29) is 24.1 Å². The largest absolute Gasteiger partial charge is 0.415 e. The second-order valence-corrected chi connectivity index (χ2v) is 14.4. The van der Waals surface area contributed by atoms with Gasteiger partial charge in [0.05, 0.1) is 12.7 Å². The molecule has 0 aliphatic carbocycles. The van der Waals surface area contributed by atoms with Gasteiger partial charge in [0.2, 0.25) is 0 Å². The zero-order chi connectivity index (χ0) is 18.4. The molecule has 1 rings (SSSR count). The van der Waals surface area contributed by atoms with Crippen LogP contribution in [0.15, 0.2) is 0 Å². The fourth-order valence-electron chi connectivity index (χ4n) is 3.05. The average Bonchev–Trinajstić information content (AvgIpc) is 2.70.